The van der Waals surface area contributed by atoms with Gasteiger partial charge in [0.25, 0.3) is 5.91 Å². The summed E-state index contributed by atoms with van der Waals surface area (Å²) in [5.74, 6) is -0.855. The van der Waals surface area contributed by atoms with Crippen molar-refractivity contribution in [3.05, 3.63) is 46.2 Å². The van der Waals surface area contributed by atoms with Gasteiger partial charge in [0.2, 0.25) is 0 Å². The molecule has 8 heteroatoms. The van der Waals surface area contributed by atoms with Gasteiger partial charge in [-0.3, -0.25) is 9.78 Å². The number of hydrogen-bond donors (Lipinski definition) is 1. The first kappa shape index (κ1) is 16.4. The number of aromatic nitrogens is 2. The van der Waals surface area contributed by atoms with Gasteiger partial charge in [-0.25, -0.2) is 4.98 Å². The first-order chi connectivity index (χ1) is 10.4. The van der Waals surface area contributed by atoms with E-state index >= 15 is 0 Å². The molecule has 0 spiro atoms. The van der Waals surface area contributed by atoms with Crippen LogP contribution in [0.2, 0.25) is 0 Å². The average molecular weight is 329 g/mol. The summed E-state index contributed by atoms with van der Waals surface area (Å²) >= 11 is 1.26. The molecule has 0 radical (unpaired) electrons. The van der Waals surface area contributed by atoms with E-state index in [2.05, 4.69) is 9.97 Å². The molecule has 1 atom stereocenters. The molecule has 0 aliphatic rings. The molecule has 0 aliphatic carbocycles. The van der Waals surface area contributed by atoms with Gasteiger partial charge >= 0.3 is 6.18 Å². The van der Waals surface area contributed by atoms with Crippen molar-refractivity contribution in [2.75, 3.05) is 0 Å². The second-order valence-corrected chi connectivity index (χ2v) is 5.52. The first-order valence-corrected chi connectivity index (χ1v) is 7.52. The maximum absolute atomic E-state index is 13.1. The minimum Gasteiger partial charge on any atom is -0.334 e. The van der Waals surface area contributed by atoms with E-state index in [1.54, 1.807) is 0 Å². The molecule has 2 aromatic rings. The fraction of sp³-hybridized carbons (Fsp3) is 0.357. The highest BCUT2D eigenvalue weighted by Crippen LogP contribution is 2.31. The van der Waals surface area contributed by atoms with Crippen LogP contribution in [0.5, 0.6) is 0 Å². The highest BCUT2D eigenvalue weighted by Gasteiger charge is 2.43. The van der Waals surface area contributed by atoms with Gasteiger partial charge in [0, 0.05) is 11.6 Å². The van der Waals surface area contributed by atoms with E-state index in [0.717, 1.165) is 11.4 Å². The predicted molar refractivity (Wildman–Crippen MR) is 76.6 cm³/mol. The molecule has 2 aromatic heterocycles. The molecule has 2 rings (SSSR count). The number of nitrogens with zero attached hydrogens (tertiary/aromatic N) is 2. The Morgan fingerprint density at radius 1 is 1.41 bits per heavy atom. The van der Waals surface area contributed by atoms with Gasteiger partial charge in [0.05, 0.1) is 10.7 Å². The van der Waals surface area contributed by atoms with Crippen LogP contribution < -0.4 is 5.32 Å². The fourth-order valence-electron chi connectivity index (χ4n) is 1.82. The van der Waals surface area contributed by atoms with E-state index in [9.17, 15) is 18.0 Å². The number of thiazole rings is 1. The summed E-state index contributed by atoms with van der Waals surface area (Å²) in [5, 5.41) is 4.16. The van der Waals surface area contributed by atoms with Gasteiger partial charge in [-0.1, -0.05) is 13.0 Å². The van der Waals surface area contributed by atoms with E-state index in [0.29, 0.717) is 6.42 Å². The number of amides is 1. The van der Waals surface area contributed by atoms with Crippen molar-refractivity contribution in [3.63, 3.8) is 0 Å². The molecule has 0 aliphatic heterocycles. The Morgan fingerprint density at radius 2 is 2.18 bits per heavy atom. The minimum absolute atomic E-state index is 0.00127. The van der Waals surface area contributed by atoms with Crippen molar-refractivity contribution in [1.29, 1.82) is 0 Å². The molecule has 0 bridgehead atoms. The van der Waals surface area contributed by atoms with Gasteiger partial charge in [-0.2, -0.15) is 13.2 Å². The first-order valence-electron chi connectivity index (χ1n) is 6.64. The van der Waals surface area contributed by atoms with Gasteiger partial charge in [0.1, 0.15) is 5.69 Å². The smallest absolute Gasteiger partial charge is 0.334 e. The van der Waals surface area contributed by atoms with Crippen LogP contribution in [0.3, 0.4) is 0 Å². The molecular weight excluding hydrogens is 315 g/mol. The summed E-state index contributed by atoms with van der Waals surface area (Å²) < 4.78 is 39.4. The number of nitrogens with one attached hydrogen (secondary N) is 1. The second kappa shape index (κ2) is 6.87. The van der Waals surface area contributed by atoms with Crippen LogP contribution in [0.25, 0.3) is 0 Å². The zero-order valence-corrected chi connectivity index (χ0v) is 12.5. The molecule has 0 saturated carbocycles. The van der Waals surface area contributed by atoms with Crippen molar-refractivity contribution < 1.29 is 18.0 Å². The van der Waals surface area contributed by atoms with Crippen molar-refractivity contribution in [3.8, 4) is 0 Å². The summed E-state index contributed by atoms with van der Waals surface area (Å²) in [6, 6.07) is 2.02. The summed E-state index contributed by atoms with van der Waals surface area (Å²) in [6.07, 6.45) is -1.83. The molecule has 0 saturated heterocycles. The lowest BCUT2D eigenvalue weighted by molar-refractivity contribution is -0.156. The number of carbonyl (C=O) groups excluding carboxylic acids is 1. The lowest BCUT2D eigenvalue weighted by Gasteiger charge is -2.20. The average Bonchev–Trinajstić information content (AvgIpc) is 2.93. The summed E-state index contributed by atoms with van der Waals surface area (Å²) in [6.45, 7) is 1.96. The van der Waals surface area contributed by atoms with Crippen molar-refractivity contribution in [2.24, 2.45) is 0 Å². The molecule has 4 nitrogen and oxygen atoms in total. The lowest BCUT2D eigenvalue weighted by Crippen LogP contribution is -2.38. The van der Waals surface area contributed by atoms with Gasteiger partial charge < -0.3 is 5.32 Å². The third-order valence-corrected chi connectivity index (χ3v) is 3.74. The van der Waals surface area contributed by atoms with E-state index in [-0.39, 0.29) is 11.4 Å². The zero-order chi connectivity index (χ0) is 16.2. The highest BCUT2D eigenvalue weighted by atomic mass is 32.1. The van der Waals surface area contributed by atoms with E-state index in [1.165, 1.54) is 41.1 Å². The molecule has 118 valence electrons. The van der Waals surface area contributed by atoms with Crippen LogP contribution in [-0.4, -0.2) is 22.1 Å². The van der Waals surface area contributed by atoms with Crippen LogP contribution in [-0.2, 0) is 6.42 Å². The predicted octanol–water partition coefficient (Wildman–Crippen LogP) is 3.52. The van der Waals surface area contributed by atoms with Crippen molar-refractivity contribution in [1.82, 2.24) is 15.3 Å². The minimum atomic E-state index is -4.63. The Morgan fingerprint density at radius 3 is 2.77 bits per heavy atom. The Hall–Kier alpha value is -1.96. The normalized spacial score (nSPS) is 12.9. The number of carbonyl (C=O) groups is 1. The van der Waals surface area contributed by atoms with E-state index in [4.69, 9.17) is 0 Å². The van der Waals surface area contributed by atoms with Crippen LogP contribution in [0.15, 0.2) is 29.8 Å². The second-order valence-electron chi connectivity index (χ2n) is 4.58. The van der Waals surface area contributed by atoms with E-state index < -0.39 is 18.1 Å². The number of aryl methyl sites for hydroxylation is 1. The summed E-state index contributed by atoms with van der Waals surface area (Å²) in [5.41, 5.74) is -0.258. The molecule has 2 heterocycles. The molecule has 0 aromatic carbocycles. The third kappa shape index (κ3) is 4.03. The standard InChI is InChI=1S/C14H14F3N3OS/c1-2-5-11-19-10(8-22-11)13(21)20-12(14(15,16)17)9-6-3-4-7-18-9/h3-4,6-8,12H,2,5H2,1H3,(H,20,21)/t12-/m1/s1. The summed E-state index contributed by atoms with van der Waals surface area (Å²) in [7, 11) is 0. The molecular formula is C14H14F3N3OS. The van der Waals surface area contributed by atoms with Crippen LogP contribution in [0.4, 0.5) is 13.2 Å². The number of rotatable bonds is 5. The quantitative estimate of drug-likeness (QED) is 0.913. The molecule has 1 N–H and O–H groups in total. The number of pyridine rings is 1. The number of alkyl halides is 3. The van der Waals surface area contributed by atoms with E-state index in [1.807, 2.05) is 12.2 Å². The third-order valence-electron chi connectivity index (χ3n) is 2.83. The fourth-order valence-corrected chi connectivity index (χ4v) is 2.70. The highest BCUT2D eigenvalue weighted by molar-refractivity contribution is 7.09. The maximum Gasteiger partial charge on any atom is 0.414 e. The van der Waals surface area contributed by atoms with Gasteiger partial charge in [-0.15, -0.1) is 11.3 Å². The van der Waals surface area contributed by atoms with Crippen LogP contribution in [0, 0.1) is 0 Å². The summed E-state index contributed by atoms with van der Waals surface area (Å²) in [4.78, 5) is 19.7. The van der Waals surface area contributed by atoms with Gasteiger partial charge in [0.15, 0.2) is 6.04 Å². The molecule has 22 heavy (non-hydrogen) atoms. The van der Waals surface area contributed by atoms with Crippen LogP contribution in [0.1, 0.15) is 40.6 Å². The Bertz CT molecular complexity index is 628. The molecule has 0 fully saturated rings. The lowest BCUT2D eigenvalue weighted by atomic mass is 10.1. The Kier molecular flexibility index (Phi) is 5.12. The number of hydrogen-bond acceptors (Lipinski definition) is 4. The van der Waals surface area contributed by atoms with Crippen molar-refractivity contribution >= 4 is 17.2 Å². The monoisotopic (exact) mass is 329 g/mol. The number of halogens is 3. The zero-order valence-electron chi connectivity index (χ0n) is 11.7. The Balaban J connectivity index is 2.18. The SMILES string of the molecule is CCCc1nc(C(=O)N[C@H](c2ccccn2)C(F)(F)F)cs1. The largest absolute Gasteiger partial charge is 0.414 e. The molecule has 1 amide bonds. The van der Waals surface area contributed by atoms with Crippen LogP contribution >= 0.6 is 11.3 Å². The Labute approximate surface area is 129 Å². The maximum atomic E-state index is 13.1. The van der Waals surface area contributed by atoms with Crippen molar-refractivity contribution in [2.45, 2.75) is 32.0 Å². The molecule has 0 unspecified atom stereocenters. The topological polar surface area (TPSA) is 54.9 Å². The van der Waals surface area contributed by atoms with Gasteiger partial charge in [-0.05, 0) is 25.0 Å².